The maximum Gasteiger partial charge on any atom is 0.151 e. The fourth-order valence-corrected chi connectivity index (χ4v) is 4.44. The number of rotatable bonds is 7. The smallest absolute Gasteiger partial charge is 0.151 e. The minimum absolute atomic E-state index is 0.108. The number of nitrogens with zero attached hydrogens (tertiary/aromatic N) is 1. The Kier molecular flexibility index (Phi) is 5.46. The third kappa shape index (κ3) is 4.83. The monoisotopic (exact) mass is 314 g/mol. The molecule has 1 aliphatic rings. The molecule has 0 radical (unpaired) electrons. The zero-order valence-electron chi connectivity index (χ0n) is 13.1. The van der Waals surface area contributed by atoms with E-state index in [0.717, 1.165) is 30.8 Å². The van der Waals surface area contributed by atoms with E-state index in [9.17, 15) is 8.42 Å². The van der Waals surface area contributed by atoms with Crippen molar-refractivity contribution in [1.29, 1.82) is 0 Å². The summed E-state index contributed by atoms with van der Waals surface area (Å²) in [6.07, 6.45) is 2.43. The van der Waals surface area contributed by atoms with Gasteiger partial charge in [0.2, 0.25) is 0 Å². The van der Waals surface area contributed by atoms with Crippen LogP contribution < -0.4 is 5.32 Å². The van der Waals surface area contributed by atoms with Crippen LogP contribution in [0.4, 0.5) is 0 Å². The van der Waals surface area contributed by atoms with Crippen LogP contribution in [0.3, 0.4) is 0 Å². The number of hydrogen-bond acceptors (Lipinski definition) is 5. The van der Waals surface area contributed by atoms with Gasteiger partial charge in [-0.05, 0) is 32.0 Å². The Hall–Kier alpha value is -0.850. The van der Waals surface area contributed by atoms with E-state index < -0.39 is 9.84 Å². The average Bonchev–Trinajstić information content (AvgIpc) is 2.96. The molecule has 120 valence electrons. The summed E-state index contributed by atoms with van der Waals surface area (Å²) in [5.41, 5.74) is 1.16. The molecule has 1 saturated heterocycles. The number of hydrogen-bond donors (Lipinski definition) is 1. The third-order valence-corrected chi connectivity index (χ3v) is 5.68. The van der Waals surface area contributed by atoms with Gasteiger partial charge >= 0.3 is 0 Å². The summed E-state index contributed by atoms with van der Waals surface area (Å²) >= 11 is 0. The molecule has 0 aliphatic carbocycles. The molecular formula is C15H26N2O3S. The molecule has 6 heteroatoms. The SMILES string of the molecule is CC(C)CNCc1ccoc1CN(C)C1CCS(=O)(=O)C1. The van der Waals surface area contributed by atoms with Crippen molar-refractivity contribution < 1.29 is 12.8 Å². The van der Waals surface area contributed by atoms with Gasteiger partial charge in [-0.15, -0.1) is 0 Å². The zero-order chi connectivity index (χ0) is 15.5. The molecule has 0 bridgehead atoms. The van der Waals surface area contributed by atoms with E-state index in [2.05, 4.69) is 24.1 Å². The van der Waals surface area contributed by atoms with Crippen LogP contribution in [0.1, 0.15) is 31.6 Å². The average molecular weight is 314 g/mol. The highest BCUT2D eigenvalue weighted by molar-refractivity contribution is 7.91. The van der Waals surface area contributed by atoms with Gasteiger partial charge in [0.25, 0.3) is 0 Å². The minimum atomic E-state index is -2.84. The standard InChI is InChI=1S/C15H26N2O3S/c1-12(2)8-16-9-13-4-6-20-15(13)10-17(3)14-5-7-21(18,19)11-14/h4,6,12,14,16H,5,7-11H2,1-3H3. The van der Waals surface area contributed by atoms with Crippen molar-refractivity contribution in [2.24, 2.45) is 5.92 Å². The quantitative estimate of drug-likeness (QED) is 0.829. The lowest BCUT2D eigenvalue weighted by atomic mass is 10.2. The molecule has 1 fully saturated rings. The molecule has 1 N–H and O–H groups in total. The van der Waals surface area contributed by atoms with Crippen LogP contribution >= 0.6 is 0 Å². The Labute approximate surface area is 127 Å². The van der Waals surface area contributed by atoms with Gasteiger partial charge in [-0.25, -0.2) is 8.42 Å². The van der Waals surface area contributed by atoms with E-state index in [-0.39, 0.29) is 11.8 Å². The Balaban J connectivity index is 1.89. The minimum Gasteiger partial charge on any atom is -0.468 e. The lowest BCUT2D eigenvalue weighted by Crippen LogP contribution is -2.32. The first kappa shape index (κ1) is 16.5. The second kappa shape index (κ2) is 6.94. The third-order valence-electron chi connectivity index (χ3n) is 3.93. The Bertz CT molecular complexity index is 551. The molecular weight excluding hydrogens is 288 g/mol. The van der Waals surface area contributed by atoms with E-state index in [0.29, 0.717) is 18.2 Å². The first-order chi connectivity index (χ1) is 9.87. The molecule has 2 rings (SSSR count). The lowest BCUT2D eigenvalue weighted by Gasteiger charge is -2.22. The maximum atomic E-state index is 11.6. The van der Waals surface area contributed by atoms with Crippen LogP contribution in [0, 0.1) is 5.92 Å². The number of furan rings is 1. The molecule has 0 amide bonds. The van der Waals surface area contributed by atoms with Crippen LogP contribution in [-0.4, -0.2) is 44.5 Å². The summed E-state index contributed by atoms with van der Waals surface area (Å²) in [6, 6.07) is 2.10. The van der Waals surface area contributed by atoms with Gasteiger partial charge in [-0.3, -0.25) is 4.90 Å². The lowest BCUT2D eigenvalue weighted by molar-refractivity contribution is 0.232. The summed E-state index contributed by atoms with van der Waals surface area (Å²) in [4.78, 5) is 2.09. The van der Waals surface area contributed by atoms with Crippen molar-refractivity contribution in [2.75, 3.05) is 25.1 Å². The second-order valence-electron chi connectivity index (χ2n) is 6.37. The van der Waals surface area contributed by atoms with Gasteiger partial charge in [0.15, 0.2) is 9.84 Å². The molecule has 1 atom stereocenters. The van der Waals surface area contributed by atoms with Crippen molar-refractivity contribution in [1.82, 2.24) is 10.2 Å². The maximum absolute atomic E-state index is 11.6. The number of sulfone groups is 1. The van der Waals surface area contributed by atoms with E-state index >= 15 is 0 Å². The van der Waals surface area contributed by atoms with Gasteiger partial charge in [-0.2, -0.15) is 0 Å². The summed E-state index contributed by atoms with van der Waals surface area (Å²) in [7, 11) is -0.866. The molecule has 2 heterocycles. The first-order valence-electron chi connectivity index (χ1n) is 7.54. The van der Waals surface area contributed by atoms with Crippen molar-refractivity contribution in [3.63, 3.8) is 0 Å². The van der Waals surface area contributed by atoms with Gasteiger partial charge in [0, 0.05) is 18.2 Å². The fourth-order valence-electron chi connectivity index (χ4n) is 2.64. The molecule has 0 spiro atoms. The van der Waals surface area contributed by atoms with Gasteiger partial charge in [0.1, 0.15) is 5.76 Å². The molecule has 1 aromatic heterocycles. The Morgan fingerprint density at radius 1 is 1.48 bits per heavy atom. The molecule has 0 saturated carbocycles. The van der Waals surface area contributed by atoms with E-state index in [4.69, 9.17) is 4.42 Å². The predicted molar refractivity (Wildman–Crippen MR) is 83.8 cm³/mol. The molecule has 5 nitrogen and oxygen atoms in total. The second-order valence-corrected chi connectivity index (χ2v) is 8.59. The van der Waals surface area contributed by atoms with E-state index in [1.54, 1.807) is 6.26 Å². The highest BCUT2D eigenvalue weighted by atomic mass is 32.2. The van der Waals surface area contributed by atoms with Crippen LogP contribution in [0.5, 0.6) is 0 Å². The fraction of sp³-hybridized carbons (Fsp3) is 0.733. The predicted octanol–water partition coefficient (Wildman–Crippen LogP) is 1.64. The summed E-state index contributed by atoms with van der Waals surface area (Å²) in [6.45, 7) is 6.78. The Morgan fingerprint density at radius 3 is 2.86 bits per heavy atom. The van der Waals surface area contributed by atoms with Crippen molar-refractivity contribution >= 4 is 9.84 Å². The van der Waals surface area contributed by atoms with Crippen LogP contribution in [0.25, 0.3) is 0 Å². The summed E-state index contributed by atoms with van der Waals surface area (Å²) in [5, 5.41) is 3.41. The van der Waals surface area contributed by atoms with Gasteiger partial charge in [0.05, 0.1) is 24.3 Å². The largest absolute Gasteiger partial charge is 0.468 e. The topological polar surface area (TPSA) is 62.6 Å². The molecule has 1 unspecified atom stereocenters. The zero-order valence-corrected chi connectivity index (χ0v) is 13.9. The normalized spacial score (nSPS) is 21.5. The van der Waals surface area contributed by atoms with Crippen molar-refractivity contribution in [2.45, 2.75) is 39.4 Å². The van der Waals surface area contributed by atoms with E-state index in [1.165, 1.54) is 0 Å². The summed E-state index contributed by atoms with van der Waals surface area (Å²) < 4.78 is 28.7. The number of nitrogens with one attached hydrogen (secondary N) is 1. The first-order valence-corrected chi connectivity index (χ1v) is 9.36. The highest BCUT2D eigenvalue weighted by Crippen LogP contribution is 2.20. The van der Waals surface area contributed by atoms with Crippen LogP contribution in [-0.2, 0) is 22.9 Å². The molecule has 21 heavy (non-hydrogen) atoms. The van der Waals surface area contributed by atoms with E-state index in [1.807, 2.05) is 13.1 Å². The van der Waals surface area contributed by atoms with Gasteiger partial charge in [-0.1, -0.05) is 13.8 Å². The highest BCUT2D eigenvalue weighted by Gasteiger charge is 2.31. The molecule has 1 aliphatic heterocycles. The van der Waals surface area contributed by atoms with Gasteiger partial charge < -0.3 is 9.73 Å². The van der Waals surface area contributed by atoms with Crippen molar-refractivity contribution in [3.8, 4) is 0 Å². The van der Waals surface area contributed by atoms with Crippen LogP contribution in [0.2, 0.25) is 0 Å². The summed E-state index contributed by atoms with van der Waals surface area (Å²) in [5.74, 6) is 2.12. The molecule has 0 aromatic carbocycles. The molecule has 1 aromatic rings. The Morgan fingerprint density at radius 2 is 2.24 bits per heavy atom. The van der Waals surface area contributed by atoms with Crippen LogP contribution in [0.15, 0.2) is 16.7 Å². The van der Waals surface area contributed by atoms with Crippen molar-refractivity contribution in [3.05, 3.63) is 23.7 Å².